The molecule has 4 rings (SSSR count). The molecule has 1 saturated carbocycles. The van der Waals surface area contributed by atoms with Crippen LogP contribution in [0.5, 0.6) is 0 Å². The number of halogens is 5. The van der Waals surface area contributed by atoms with Crippen molar-refractivity contribution in [1.29, 1.82) is 0 Å². The van der Waals surface area contributed by atoms with E-state index in [1.807, 2.05) is 5.32 Å². The number of hydrogen-bond donors (Lipinski definition) is 3. The van der Waals surface area contributed by atoms with Crippen LogP contribution in [-0.2, 0) is 22.6 Å². The van der Waals surface area contributed by atoms with Crippen molar-refractivity contribution < 1.29 is 36.3 Å². The zero-order chi connectivity index (χ0) is 28.4. The number of pyridine rings is 1. The van der Waals surface area contributed by atoms with Crippen LogP contribution in [-0.4, -0.2) is 56.7 Å². The van der Waals surface area contributed by atoms with Crippen molar-refractivity contribution in [1.82, 2.24) is 25.4 Å². The van der Waals surface area contributed by atoms with E-state index in [9.17, 15) is 36.3 Å². The standard InChI is InChI=1S/C25H29F5N6O3/c1-2-36-17(6-10-32-36)22(38)35-20(15-3-7-24(26,27)8-4-15)23(39)34-19-12-14(5-9-31-19)11-16-13-18(25(28,29)30)33-21(16)37/h5-6,9-10,12,15-16,18,20H,2-4,7-8,11,13H2,1H3,(H,33,37)(H,35,38)(H,31,34,39)/t16-,18-,20-/m0/s1. The van der Waals surface area contributed by atoms with Crippen molar-refractivity contribution in [3.63, 3.8) is 0 Å². The molecule has 3 amide bonds. The van der Waals surface area contributed by atoms with Gasteiger partial charge < -0.3 is 16.0 Å². The number of rotatable bonds is 8. The lowest BCUT2D eigenvalue weighted by molar-refractivity contribution is -0.154. The molecule has 0 unspecified atom stereocenters. The summed E-state index contributed by atoms with van der Waals surface area (Å²) in [5.41, 5.74) is 0.691. The maximum Gasteiger partial charge on any atom is 0.408 e. The third kappa shape index (κ3) is 6.90. The Kier molecular flexibility index (Phi) is 8.21. The van der Waals surface area contributed by atoms with Crippen LogP contribution in [0.1, 0.15) is 55.1 Å². The van der Waals surface area contributed by atoms with Gasteiger partial charge in [-0.15, -0.1) is 0 Å². The second kappa shape index (κ2) is 11.3. The topological polar surface area (TPSA) is 118 Å². The lowest BCUT2D eigenvalue weighted by Gasteiger charge is -2.33. The number of hydrogen-bond acceptors (Lipinski definition) is 5. The molecule has 3 N–H and O–H groups in total. The minimum atomic E-state index is -4.54. The Morgan fingerprint density at radius 2 is 1.92 bits per heavy atom. The van der Waals surface area contributed by atoms with Gasteiger partial charge in [-0.05, 0) is 62.3 Å². The highest BCUT2D eigenvalue weighted by Gasteiger charge is 2.47. The van der Waals surface area contributed by atoms with Crippen LogP contribution in [0.4, 0.5) is 27.8 Å². The molecule has 2 aromatic rings. The van der Waals surface area contributed by atoms with Crippen LogP contribution in [0, 0.1) is 11.8 Å². The van der Waals surface area contributed by atoms with E-state index in [4.69, 9.17) is 0 Å². The number of carbonyl (C=O) groups excluding carboxylic acids is 3. The lowest BCUT2D eigenvalue weighted by Crippen LogP contribution is -2.50. The summed E-state index contributed by atoms with van der Waals surface area (Å²) in [6, 6.07) is 1.39. The summed E-state index contributed by atoms with van der Waals surface area (Å²) in [4.78, 5) is 42.4. The van der Waals surface area contributed by atoms with Crippen LogP contribution < -0.4 is 16.0 Å². The molecule has 2 fully saturated rings. The predicted octanol–water partition coefficient (Wildman–Crippen LogP) is 3.47. The van der Waals surface area contributed by atoms with Gasteiger partial charge in [0.05, 0.1) is 0 Å². The van der Waals surface area contributed by atoms with Crippen molar-refractivity contribution in [2.75, 3.05) is 5.32 Å². The van der Waals surface area contributed by atoms with Crippen LogP contribution in [0.3, 0.4) is 0 Å². The smallest absolute Gasteiger partial charge is 0.344 e. The highest BCUT2D eigenvalue weighted by atomic mass is 19.4. The summed E-state index contributed by atoms with van der Waals surface area (Å²) in [6.45, 7) is 2.19. The summed E-state index contributed by atoms with van der Waals surface area (Å²) >= 11 is 0. The van der Waals surface area contributed by atoms with Crippen LogP contribution in [0.25, 0.3) is 0 Å². The second-order valence-electron chi connectivity index (χ2n) is 9.95. The predicted molar refractivity (Wildman–Crippen MR) is 129 cm³/mol. The number of nitrogens with one attached hydrogen (secondary N) is 3. The van der Waals surface area contributed by atoms with Gasteiger partial charge in [0.1, 0.15) is 23.6 Å². The Labute approximate surface area is 220 Å². The number of aromatic nitrogens is 3. The molecule has 9 nitrogen and oxygen atoms in total. The Hall–Kier alpha value is -3.58. The van der Waals surface area contributed by atoms with E-state index >= 15 is 0 Å². The van der Waals surface area contributed by atoms with Crippen LogP contribution in [0.2, 0.25) is 0 Å². The first kappa shape index (κ1) is 28.4. The normalized spacial score (nSPS) is 22.3. The number of anilines is 1. The third-order valence-corrected chi connectivity index (χ3v) is 7.21. The number of aryl methyl sites for hydroxylation is 1. The van der Waals surface area contributed by atoms with Crippen molar-refractivity contribution in [2.45, 2.75) is 76.2 Å². The molecule has 2 aromatic heterocycles. The van der Waals surface area contributed by atoms with Gasteiger partial charge in [0.25, 0.3) is 5.91 Å². The van der Waals surface area contributed by atoms with E-state index in [1.54, 1.807) is 6.92 Å². The molecule has 14 heteroatoms. The molecule has 39 heavy (non-hydrogen) atoms. The fraction of sp³-hybridized carbons (Fsp3) is 0.560. The quantitative estimate of drug-likeness (QED) is 0.431. The lowest BCUT2D eigenvalue weighted by atomic mass is 9.81. The number of alkyl halides is 5. The fourth-order valence-electron chi connectivity index (χ4n) is 5.08. The number of carbonyl (C=O) groups is 3. The molecule has 2 aliphatic rings. The van der Waals surface area contributed by atoms with Crippen molar-refractivity contribution in [2.24, 2.45) is 11.8 Å². The zero-order valence-electron chi connectivity index (χ0n) is 21.1. The summed E-state index contributed by atoms with van der Waals surface area (Å²) in [5.74, 6) is -6.19. The van der Waals surface area contributed by atoms with Gasteiger partial charge in [0.15, 0.2) is 0 Å². The molecule has 0 aromatic carbocycles. The van der Waals surface area contributed by atoms with E-state index in [0.29, 0.717) is 12.1 Å². The molecular formula is C25H29F5N6O3. The van der Waals surface area contributed by atoms with Gasteiger partial charge in [-0.25, -0.2) is 13.8 Å². The first-order valence-corrected chi connectivity index (χ1v) is 12.7. The molecule has 3 atom stereocenters. The Bertz CT molecular complexity index is 1210. The van der Waals surface area contributed by atoms with Crippen LogP contribution >= 0.6 is 0 Å². The fourth-order valence-corrected chi connectivity index (χ4v) is 5.08. The van der Waals surface area contributed by atoms with E-state index in [2.05, 4.69) is 20.7 Å². The third-order valence-electron chi connectivity index (χ3n) is 7.21. The molecule has 212 valence electrons. The van der Waals surface area contributed by atoms with E-state index in [0.717, 1.165) is 0 Å². The minimum Gasteiger partial charge on any atom is -0.344 e. The molecule has 0 spiro atoms. The molecular weight excluding hydrogens is 527 g/mol. The SMILES string of the molecule is CCn1nccc1C(=O)N[C@H](C(=O)Nc1cc(C[C@H]2C[C@@H](C(F)(F)F)NC2=O)ccn1)C1CCC(F)(F)CC1. The highest BCUT2D eigenvalue weighted by molar-refractivity contribution is 6.00. The minimum absolute atomic E-state index is 0.00266. The molecule has 3 heterocycles. The van der Waals surface area contributed by atoms with Crippen LogP contribution in [0.15, 0.2) is 30.6 Å². The maximum atomic E-state index is 13.8. The summed E-state index contributed by atoms with van der Waals surface area (Å²) < 4.78 is 68.0. The first-order chi connectivity index (χ1) is 18.4. The monoisotopic (exact) mass is 556 g/mol. The number of amides is 3. The second-order valence-corrected chi connectivity index (χ2v) is 9.95. The summed E-state index contributed by atoms with van der Waals surface area (Å²) in [7, 11) is 0. The van der Waals surface area contributed by atoms with Gasteiger partial charge in [0.2, 0.25) is 17.7 Å². The van der Waals surface area contributed by atoms with E-state index < -0.39 is 73.0 Å². The van der Waals surface area contributed by atoms with Gasteiger partial charge in [-0.1, -0.05) is 0 Å². The summed E-state index contributed by atoms with van der Waals surface area (Å²) in [5, 5.41) is 11.3. The first-order valence-electron chi connectivity index (χ1n) is 12.7. The molecule has 0 bridgehead atoms. The van der Waals surface area contributed by atoms with Gasteiger partial charge in [-0.2, -0.15) is 18.3 Å². The zero-order valence-corrected chi connectivity index (χ0v) is 21.1. The van der Waals surface area contributed by atoms with Gasteiger partial charge in [0, 0.05) is 37.7 Å². The molecule has 1 aliphatic heterocycles. The molecule has 0 radical (unpaired) electrons. The van der Waals surface area contributed by atoms with Crippen molar-refractivity contribution >= 4 is 23.5 Å². The maximum absolute atomic E-state index is 13.8. The Morgan fingerprint density at radius 1 is 1.21 bits per heavy atom. The average Bonchev–Trinajstić information content (AvgIpc) is 3.49. The van der Waals surface area contributed by atoms with E-state index in [-0.39, 0.29) is 30.8 Å². The summed E-state index contributed by atoms with van der Waals surface area (Å²) in [6.07, 6.45) is -2.96. The number of nitrogens with zero attached hydrogens (tertiary/aromatic N) is 3. The molecule has 1 saturated heterocycles. The van der Waals surface area contributed by atoms with E-state index in [1.165, 1.54) is 35.3 Å². The van der Waals surface area contributed by atoms with Crippen molar-refractivity contribution in [3.05, 3.63) is 41.9 Å². The largest absolute Gasteiger partial charge is 0.408 e. The Balaban J connectivity index is 1.47. The van der Waals surface area contributed by atoms with Gasteiger partial charge in [-0.3, -0.25) is 19.1 Å². The molecule has 1 aliphatic carbocycles. The van der Waals surface area contributed by atoms with Crippen molar-refractivity contribution in [3.8, 4) is 0 Å². The average molecular weight is 557 g/mol. The highest BCUT2D eigenvalue weighted by Crippen LogP contribution is 2.38. The van der Waals surface area contributed by atoms with Gasteiger partial charge >= 0.3 is 6.18 Å². The Morgan fingerprint density at radius 3 is 2.56 bits per heavy atom.